The Morgan fingerprint density at radius 1 is 1.10 bits per heavy atom. The van der Waals surface area contributed by atoms with Gasteiger partial charge >= 0.3 is 0 Å². The molecule has 0 atom stereocenters. The highest BCUT2D eigenvalue weighted by molar-refractivity contribution is 7.80. The standard InChI is InChI=1S/C17H18ClNOS/c1-10-6-13(17(19)21)4-5-14(10)9-20-16-11(2)7-15(18)8-12(16)3/h4-8H,9H2,1-3H3,(H2,19,21). The number of ether oxygens (including phenoxy) is 1. The molecule has 0 aliphatic rings. The van der Waals surface area contributed by atoms with E-state index in [9.17, 15) is 0 Å². The fraction of sp³-hybridized carbons (Fsp3) is 0.235. The van der Waals surface area contributed by atoms with E-state index in [1.165, 1.54) is 0 Å². The van der Waals surface area contributed by atoms with E-state index in [1.807, 2.05) is 51.1 Å². The Hall–Kier alpha value is -1.58. The molecule has 0 aliphatic carbocycles. The molecule has 2 nitrogen and oxygen atoms in total. The third-order valence-corrected chi connectivity index (χ3v) is 3.88. The summed E-state index contributed by atoms with van der Waals surface area (Å²) < 4.78 is 5.97. The van der Waals surface area contributed by atoms with E-state index in [4.69, 9.17) is 34.3 Å². The van der Waals surface area contributed by atoms with Crippen LogP contribution in [-0.2, 0) is 6.61 Å². The monoisotopic (exact) mass is 319 g/mol. The van der Waals surface area contributed by atoms with Gasteiger partial charge in [0.25, 0.3) is 0 Å². The lowest BCUT2D eigenvalue weighted by Crippen LogP contribution is -2.10. The second-order valence-corrected chi connectivity index (χ2v) is 6.04. The van der Waals surface area contributed by atoms with Gasteiger partial charge in [0.2, 0.25) is 0 Å². The number of benzene rings is 2. The number of thiocarbonyl (C=S) groups is 1. The number of halogens is 1. The molecule has 2 aromatic carbocycles. The minimum absolute atomic E-state index is 0.412. The van der Waals surface area contributed by atoms with Crippen molar-refractivity contribution in [1.82, 2.24) is 0 Å². The molecule has 0 aromatic heterocycles. The minimum Gasteiger partial charge on any atom is -0.488 e. The van der Waals surface area contributed by atoms with E-state index >= 15 is 0 Å². The predicted octanol–water partition coefficient (Wildman–Crippen LogP) is 4.48. The molecule has 0 amide bonds. The molecule has 0 heterocycles. The Bertz CT molecular complexity index is 674. The van der Waals surface area contributed by atoms with Crippen LogP contribution in [0.15, 0.2) is 30.3 Å². The molecule has 0 saturated heterocycles. The summed E-state index contributed by atoms with van der Waals surface area (Å²) in [7, 11) is 0. The Labute approximate surface area is 135 Å². The Morgan fingerprint density at radius 3 is 2.24 bits per heavy atom. The normalized spacial score (nSPS) is 10.5. The first-order chi connectivity index (χ1) is 9.88. The molecule has 21 heavy (non-hydrogen) atoms. The smallest absolute Gasteiger partial charge is 0.125 e. The van der Waals surface area contributed by atoms with E-state index in [0.29, 0.717) is 11.6 Å². The molecule has 0 bridgehead atoms. The van der Waals surface area contributed by atoms with Crippen molar-refractivity contribution >= 4 is 28.8 Å². The molecular formula is C17H18ClNOS. The quantitative estimate of drug-likeness (QED) is 0.844. The molecule has 0 fully saturated rings. The zero-order valence-corrected chi connectivity index (χ0v) is 13.9. The van der Waals surface area contributed by atoms with Gasteiger partial charge in [0, 0.05) is 10.6 Å². The minimum atomic E-state index is 0.412. The van der Waals surface area contributed by atoms with Gasteiger partial charge in [-0.2, -0.15) is 0 Å². The van der Waals surface area contributed by atoms with Gasteiger partial charge < -0.3 is 10.5 Å². The Morgan fingerprint density at radius 2 is 1.71 bits per heavy atom. The number of rotatable bonds is 4. The van der Waals surface area contributed by atoms with Crippen LogP contribution >= 0.6 is 23.8 Å². The molecule has 2 aromatic rings. The van der Waals surface area contributed by atoms with Gasteiger partial charge in [-0.05, 0) is 61.2 Å². The van der Waals surface area contributed by atoms with Gasteiger partial charge in [-0.1, -0.05) is 36.0 Å². The average molecular weight is 320 g/mol. The Kier molecular flexibility index (Phi) is 4.86. The van der Waals surface area contributed by atoms with Crippen LogP contribution < -0.4 is 10.5 Å². The van der Waals surface area contributed by atoms with Crippen molar-refractivity contribution < 1.29 is 4.74 Å². The van der Waals surface area contributed by atoms with E-state index in [-0.39, 0.29) is 0 Å². The van der Waals surface area contributed by atoms with Gasteiger partial charge in [0.15, 0.2) is 0 Å². The van der Waals surface area contributed by atoms with Crippen LogP contribution in [0.4, 0.5) is 0 Å². The van der Waals surface area contributed by atoms with Crippen LogP contribution in [0.1, 0.15) is 27.8 Å². The summed E-state index contributed by atoms with van der Waals surface area (Å²) in [5, 5.41) is 0.731. The van der Waals surface area contributed by atoms with Crippen molar-refractivity contribution in [3.05, 3.63) is 63.2 Å². The Balaban J connectivity index is 2.19. The van der Waals surface area contributed by atoms with Crippen LogP contribution in [0.3, 0.4) is 0 Å². The molecule has 110 valence electrons. The maximum absolute atomic E-state index is 6.03. The second-order valence-electron chi connectivity index (χ2n) is 5.16. The van der Waals surface area contributed by atoms with Crippen LogP contribution in [0.5, 0.6) is 5.75 Å². The van der Waals surface area contributed by atoms with E-state index in [1.54, 1.807) is 0 Å². The first-order valence-corrected chi connectivity index (χ1v) is 7.46. The lowest BCUT2D eigenvalue weighted by molar-refractivity contribution is 0.301. The van der Waals surface area contributed by atoms with Crippen molar-refractivity contribution in [2.75, 3.05) is 0 Å². The summed E-state index contributed by atoms with van der Waals surface area (Å²) in [4.78, 5) is 0.412. The second kappa shape index (κ2) is 6.46. The van der Waals surface area contributed by atoms with Crippen LogP contribution in [0, 0.1) is 20.8 Å². The van der Waals surface area contributed by atoms with Crippen molar-refractivity contribution in [3.63, 3.8) is 0 Å². The van der Waals surface area contributed by atoms with Crippen LogP contribution in [0.25, 0.3) is 0 Å². The maximum atomic E-state index is 6.03. The number of nitrogens with two attached hydrogens (primary N) is 1. The maximum Gasteiger partial charge on any atom is 0.125 e. The third-order valence-electron chi connectivity index (χ3n) is 3.42. The van der Waals surface area contributed by atoms with E-state index in [0.717, 1.165) is 38.6 Å². The van der Waals surface area contributed by atoms with E-state index < -0.39 is 0 Å². The molecule has 0 saturated carbocycles. The fourth-order valence-electron chi connectivity index (χ4n) is 2.29. The molecular weight excluding hydrogens is 302 g/mol. The highest BCUT2D eigenvalue weighted by Gasteiger charge is 2.08. The average Bonchev–Trinajstić information content (AvgIpc) is 2.38. The number of hydrogen-bond donors (Lipinski definition) is 1. The summed E-state index contributed by atoms with van der Waals surface area (Å²) in [6.07, 6.45) is 0. The highest BCUT2D eigenvalue weighted by atomic mass is 35.5. The zero-order chi connectivity index (χ0) is 15.6. The summed E-state index contributed by atoms with van der Waals surface area (Å²) in [6, 6.07) is 9.74. The van der Waals surface area contributed by atoms with Gasteiger partial charge in [-0.3, -0.25) is 0 Å². The van der Waals surface area contributed by atoms with Crippen molar-refractivity contribution in [3.8, 4) is 5.75 Å². The molecule has 4 heteroatoms. The third kappa shape index (κ3) is 3.74. The van der Waals surface area contributed by atoms with Gasteiger partial charge in [0.05, 0.1) is 0 Å². The highest BCUT2D eigenvalue weighted by Crippen LogP contribution is 2.28. The number of aryl methyl sites for hydroxylation is 3. The number of hydrogen-bond acceptors (Lipinski definition) is 2. The van der Waals surface area contributed by atoms with Crippen LogP contribution in [0.2, 0.25) is 5.02 Å². The van der Waals surface area contributed by atoms with Gasteiger partial charge in [0.1, 0.15) is 17.3 Å². The predicted molar refractivity (Wildman–Crippen MR) is 92.3 cm³/mol. The SMILES string of the molecule is Cc1cc(C(N)=S)ccc1COc1c(C)cc(Cl)cc1C. The molecule has 0 unspecified atom stereocenters. The molecule has 2 rings (SSSR count). The van der Waals surface area contributed by atoms with Gasteiger partial charge in [-0.25, -0.2) is 0 Å². The molecule has 0 radical (unpaired) electrons. The first-order valence-electron chi connectivity index (χ1n) is 6.67. The largest absolute Gasteiger partial charge is 0.488 e. The lowest BCUT2D eigenvalue weighted by atomic mass is 10.1. The molecule has 0 spiro atoms. The summed E-state index contributed by atoms with van der Waals surface area (Å²) in [5.74, 6) is 0.886. The summed E-state index contributed by atoms with van der Waals surface area (Å²) in [6.45, 7) is 6.53. The van der Waals surface area contributed by atoms with Crippen molar-refractivity contribution in [2.45, 2.75) is 27.4 Å². The van der Waals surface area contributed by atoms with Crippen molar-refractivity contribution in [1.29, 1.82) is 0 Å². The topological polar surface area (TPSA) is 35.2 Å². The van der Waals surface area contributed by atoms with Crippen LogP contribution in [-0.4, -0.2) is 4.99 Å². The summed E-state index contributed by atoms with van der Waals surface area (Å²) >= 11 is 11.0. The zero-order valence-electron chi connectivity index (χ0n) is 12.4. The molecule has 2 N–H and O–H groups in total. The van der Waals surface area contributed by atoms with Gasteiger partial charge in [-0.15, -0.1) is 0 Å². The molecule has 0 aliphatic heterocycles. The summed E-state index contributed by atoms with van der Waals surface area (Å²) in [5.41, 5.74) is 10.8. The lowest BCUT2D eigenvalue weighted by Gasteiger charge is -2.14. The van der Waals surface area contributed by atoms with Crippen molar-refractivity contribution in [2.24, 2.45) is 5.73 Å². The fourth-order valence-corrected chi connectivity index (χ4v) is 2.74. The van der Waals surface area contributed by atoms with E-state index in [2.05, 4.69) is 0 Å². The first kappa shape index (κ1) is 15.8.